The molecule has 0 saturated carbocycles. The maximum atomic E-state index is 12.5. The van der Waals surface area contributed by atoms with E-state index in [1.165, 1.54) is 0 Å². The number of hydrazone groups is 1. The van der Waals surface area contributed by atoms with E-state index in [0.29, 0.717) is 16.8 Å². The van der Waals surface area contributed by atoms with Gasteiger partial charge in [-0.25, -0.2) is 5.43 Å². The van der Waals surface area contributed by atoms with Crippen molar-refractivity contribution in [2.75, 3.05) is 5.32 Å². The van der Waals surface area contributed by atoms with E-state index in [1.807, 2.05) is 43.3 Å². The van der Waals surface area contributed by atoms with Crippen molar-refractivity contribution in [3.05, 3.63) is 99.5 Å². The van der Waals surface area contributed by atoms with Crippen LogP contribution in [0.25, 0.3) is 0 Å². The van der Waals surface area contributed by atoms with Crippen LogP contribution in [0.1, 0.15) is 31.8 Å². The molecule has 6 heteroatoms. The molecule has 0 heterocycles. The van der Waals surface area contributed by atoms with Crippen LogP contribution in [-0.2, 0) is 0 Å². The molecule has 3 rings (SSSR count). The van der Waals surface area contributed by atoms with Gasteiger partial charge in [0.25, 0.3) is 11.8 Å². The summed E-state index contributed by atoms with van der Waals surface area (Å²) >= 11 is 3.39. The molecule has 0 bridgehead atoms. The molecule has 3 aromatic rings. The van der Waals surface area contributed by atoms with Gasteiger partial charge >= 0.3 is 0 Å². The van der Waals surface area contributed by atoms with Gasteiger partial charge < -0.3 is 5.32 Å². The highest BCUT2D eigenvalue weighted by Gasteiger charge is 2.13. The number of nitrogens with one attached hydrogen (secondary N) is 2. The molecule has 3 aromatic carbocycles. The third-order valence-electron chi connectivity index (χ3n) is 3.96. The Morgan fingerprint density at radius 2 is 1.68 bits per heavy atom. The second kappa shape index (κ2) is 9.10. The summed E-state index contributed by atoms with van der Waals surface area (Å²) in [6.07, 6.45) is 1.55. The molecule has 5 nitrogen and oxygen atoms in total. The van der Waals surface area contributed by atoms with Crippen molar-refractivity contribution in [2.45, 2.75) is 6.92 Å². The number of anilines is 1. The van der Waals surface area contributed by atoms with Crippen molar-refractivity contribution in [3.63, 3.8) is 0 Å². The fourth-order valence-electron chi connectivity index (χ4n) is 2.50. The summed E-state index contributed by atoms with van der Waals surface area (Å²) in [5.74, 6) is -0.691. The molecule has 2 amide bonds. The fraction of sp³-hybridized carbons (Fsp3) is 0.0455. The average molecular weight is 436 g/mol. The number of benzene rings is 3. The van der Waals surface area contributed by atoms with E-state index < -0.39 is 5.91 Å². The second-order valence-electron chi connectivity index (χ2n) is 6.12. The van der Waals surface area contributed by atoms with Gasteiger partial charge in [0.05, 0.1) is 17.5 Å². The van der Waals surface area contributed by atoms with Crippen molar-refractivity contribution in [1.82, 2.24) is 5.43 Å². The number of amides is 2. The second-order valence-corrected chi connectivity index (χ2v) is 7.04. The quantitative estimate of drug-likeness (QED) is 0.447. The minimum absolute atomic E-state index is 0.280. The molecule has 0 radical (unpaired) electrons. The number of hydrogen-bond acceptors (Lipinski definition) is 3. The molecular formula is C22H18BrN3O2. The summed E-state index contributed by atoms with van der Waals surface area (Å²) in [6.45, 7) is 1.95. The van der Waals surface area contributed by atoms with Gasteiger partial charge in [0.15, 0.2) is 0 Å². The molecule has 0 unspecified atom stereocenters. The maximum absolute atomic E-state index is 12.5. The van der Waals surface area contributed by atoms with Crippen LogP contribution in [0.3, 0.4) is 0 Å². The fourth-order valence-corrected chi connectivity index (χ4v) is 2.92. The molecule has 28 heavy (non-hydrogen) atoms. The first kappa shape index (κ1) is 19.5. The lowest BCUT2D eigenvalue weighted by atomic mass is 10.1. The lowest BCUT2D eigenvalue weighted by Gasteiger charge is -2.10. The molecular weight excluding hydrogens is 418 g/mol. The van der Waals surface area contributed by atoms with Crippen molar-refractivity contribution in [1.29, 1.82) is 0 Å². The van der Waals surface area contributed by atoms with Crippen LogP contribution in [0.5, 0.6) is 0 Å². The molecule has 0 aliphatic heterocycles. The number of hydrogen-bond donors (Lipinski definition) is 2. The van der Waals surface area contributed by atoms with Gasteiger partial charge in [0.2, 0.25) is 0 Å². The van der Waals surface area contributed by atoms with Crippen LogP contribution in [0.2, 0.25) is 0 Å². The number of rotatable bonds is 5. The summed E-state index contributed by atoms with van der Waals surface area (Å²) in [5.41, 5.74) is 5.67. The third kappa shape index (κ3) is 5.14. The maximum Gasteiger partial charge on any atom is 0.273 e. The lowest BCUT2D eigenvalue weighted by Crippen LogP contribution is -2.21. The van der Waals surface area contributed by atoms with E-state index in [9.17, 15) is 9.59 Å². The Hall–Kier alpha value is -3.25. The average Bonchev–Trinajstić information content (AvgIpc) is 2.69. The zero-order valence-electron chi connectivity index (χ0n) is 15.1. The number of carbonyl (C=O) groups excluding carboxylic acids is 2. The Labute approximate surface area is 171 Å². The monoisotopic (exact) mass is 435 g/mol. The molecule has 0 fully saturated rings. The molecule has 0 saturated heterocycles. The van der Waals surface area contributed by atoms with Crippen LogP contribution in [-0.4, -0.2) is 18.0 Å². The Morgan fingerprint density at radius 1 is 0.929 bits per heavy atom. The topological polar surface area (TPSA) is 70.6 Å². The molecule has 2 N–H and O–H groups in total. The summed E-state index contributed by atoms with van der Waals surface area (Å²) < 4.78 is 0.923. The summed E-state index contributed by atoms with van der Waals surface area (Å²) in [5, 5.41) is 6.77. The Balaban J connectivity index is 1.71. The van der Waals surface area contributed by atoms with E-state index in [-0.39, 0.29) is 5.91 Å². The molecule has 0 atom stereocenters. The molecule has 0 aromatic heterocycles. The standard InChI is InChI=1S/C22H18BrN3O2/c1-15-9-11-17(12-10-15)21(27)25-20-8-3-2-7-19(20)22(28)26-24-14-16-5-4-6-18(23)13-16/h2-14H,1H3,(H,25,27)(H,26,28)/b24-14-. The van der Waals surface area contributed by atoms with Gasteiger partial charge in [-0.05, 0) is 48.9 Å². The van der Waals surface area contributed by atoms with Gasteiger partial charge in [0.1, 0.15) is 0 Å². The first-order valence-electron chi connectivity index (χ1n) is 8.59. The first-order chi connectivity index (χ1) is 13.5. The van der Waals surface area contributed by atoms with Crippen LogP contribution in [0.15, 0.2) is 82.4 Å². The number of para-hydroxylation sites is 1. The van der Waals surface area contributed by atoms with Gasteiger partial charge in [-0.15, -0.1) is 0 Å². The Kier molecular flexibility index (Phi) is 6.34. The van der Waals surface area contributed by atoms with Crippen molar-refractivity contribution in [2.24, 2.45) is 5.10 Å². The SMILES string of the molecule is Cc1ccc(C(=O)Nc2ccccc2C(=O)N/N=C\c2cccc(Br)c2)cc1. The van der Waals surface area contributed by atoms with Crippen LogP contribution < -0.4 is 10.7 Å². The van der Waals surface area contributed by atoms with Crippen molar-refractivity contribution in [3.8, 4) is 0 Å². The van der Waals surface area contributed by atoms with Crippen LogP contribution in [0, 0.1) is 6.92 Å². The molecule has 0 aliphatic rings. The third-order valence-corrected chi connectivity index (χ3v) is 4.46. The van der Waals surface area contributed by atoms with Crippen molar-refractivity contribution < 1.29 is 9.59 Å². The summed E-state index contributed by atoms with van der Waals surface area (Å²) in [4.78, 5) is 25.0. The minimum Gasteiger partial charge on any atom is -0.321 e. The van der Waals surface area contributed by atoms with Gasteiger partial charge in [-0.3, -0.25) is 9.59 Å². The number of carbonyl (C=O) groups is 2. The highest BCUT2D eigenvalue weighted by atomic mass is 79.9. The van der Waals surface area contributed by atoms with Crippen LogP contribution in [0.4, 0.5) is 5.69 Å². The number of aryl methyl sites for hydroxylation is 1. The van der Waals surface area contributed by atoms with E-state index >= 15 is 0 Å². The van der Waals surface area contributed by atoms with Crippen molar-refractivity contribution >= 4 is 39.6 Å². The van der Waals surface area contributed by atoms with E-state index in [2.05, 4.69) is 31.8 Å². The van der Waals surface area contributed by atoms with E-state index in [4.69, 9.17) is 0 Å². The van der Waals surface area contributed by atoms with Gasteiger partial charge in [-0.2, -0.15) is 5.10 Å². The normalized spacial score (nSPS) is 10.6. The molecule has 140 valence electrons. The zero-order chi connectivity index (χ0) is 19.9. The van der Waals surface area contributed by atoms with Crippen LogP contribution >= 0.6 is 15.9 Å². The summed E-state index contributed by atoms with van der Waals surface area (Å²) in [6, 6.07) is 21.6. The predicted molar refractivity (Wildman–Crippen MR) is 115 cm³/mol. The number of nitrogens with zero attached hydrogens (tertiary/aromatic N) is 1. The Bertz CT molecular complexity index is 1030. The largest absolute Gasteiger partial charge is 0.321 e. The molecule has 0 aliphatic carbocycles. The highest BCUT2D eigenvalue weighted by Crippen LogP contribution is 2.17. The smallest absolute Gasteiger partial charge is 0.273 e. The number of halogens is 1. The highest BCUT2D eigenvalue weighted by molar-refractivity contribution is 9.10. The van der Waals surface area contributed by atoms with Gasteiger partial charge in [-0.1, -0.05) is 57.9 Å². The minimum atomic E-state index is -0.411. The Morgan fingerprint density at radius 3 is 2.43 bits per heavy atom. The van der Waals surface area contributed by atoms with Gasteiger partial charge in [0, 0.05) is 10.0 Å². The first-order valence-corrected chi connectivity index (χ1v) is 9.38. The predicted octanol–water partition coefficient (Wildman–Crippen LogP) is 4.77. The summed E-state index contributed by atoms with van der Waals surface area (Å²) in [7, 11) is 0. The lowest BCUT2D eigenvalue weighted by molar-refractivity contribution is 0.0956. The molecule has 0 spiro atoms. The zero-order valence-corrected chi connectivity index (χ0v) is 16.7. The van der Waals surface area contributed by atoms with E-state index in [1.54, 1.807) is 42.6 Å². The van der Waals surface area contributed by atoms with E-state index in [0.717, 1.165) is 15.6 Å².